The van der Waals surface area contributed by atoms with Crippen molar-refractivity contribution in [3.8, 4) is 5.75 Å². The number of carbonyl (C=O) groups excluding carboxylic acids is 1. The quantitative estimate of drug-likeness (QED) is 0.719. The summed E-state index contributed by atoms with van der Waals surface area (Å²) in [7, 11) is 1.59. The van der Waals surface area contributed by atoms with Crippen molar-refractivity contribution in [2.45, 2.75) is 5.92 Å². The monoisotopic (exact) mass is 194 g/mol. The Hall–Kier alpha value is -1.55. The molecule has 0 aliphatic heterocycles. The third-order valence-electron chi connectivity index (χ3n) is 2.10. The summed E-state index contributed by atoms with van der Waals surface area (Å²) >= 11 is 0. The van der Waals surface area contributed by atoms with E-state index in [0.29, 0.717) is 0 Å². The van der Waals surface area contributed by atoms with E-state index in [0.717, 1.165) is 11.3 Å². The Morgan fingerprint density at radius 3 is 2.36 bits per heavy atom. The molecule has 4 nitrogen and oxygen atoms in total. The van der Waals surface area contributed by atoms with E-state index in [1.54, 1.807) is 31.4 Å². The standard InChI is InChI=1S/C10H14N2O2/c1-14-8-4-2-7(3-5-8)9(6-11)10(12)13/h2-5,9H,6,11H2,1H3,(H2,12,13). The lowest BCUT2D eigenvalue weighted by molar-refractivity contribution is -0.119. The number of benzene rings is 1. The Kier molecular flexibility index (Phi) is 3.48. The van der Waals surface area contributed by atoms with Gasteiger partial charge >= 0.3 is 0 Å². The van der Waals surface area contributed by atoms with Crippen LogP contribution in [-0.4, -0.2) is 19.6 Å². The van der Waals surface area contributed by atoms with E-state index < -0.39 is 11.8 Å². The fourth-order valence-electron chi connectivity index (χ4n) is 1.25. The van der Waals surface area contributed by atoms with Crippen LogP contribution >= 0.6 is 0 Å². The van der Waals surface area contributed by atoms with Crippen LogP contribution in [0, 0.1) is 0 Å². The number of amides is 1. The van der Waals surface area contributed by atoms with Crippen molar-refractivity contribution >= 4 is 5.91 Å². The molecule has 0 fully saturated rings. The Morgan fingerprint density at radius 2 is 2.00 bits per heavy atom. The second-order valence-electron chi connectivity index (χ2n) is 2.96. The Bertz CT molecular complexity index is 308. The van der Waals surface area contributed by atoms with E-state index in [9.17, 15) is 4.79 Å². The first-order valence-electron chi connectivity index (χ1n) is 4.32. The lowest BCUT2D eigenvalue weighted by Gasteiger charge is -2.11. The van der Waals surface area contributed by atoms with E-state index in [4.69, 9.17) is 16.2 Å². The Balaban J connectivity index is 2.89. The summed E-state index contributed by atoms with van der Waals surface area (Å²) in [5.41, 5.74) is 11.5. The highest BCUT2D eigenvalue weighted by atomic mass is 16.5. The molecule has 0 saturated heterocycles. The van der Waals surface area contributed by atoms with E-state index in [2.05, 4.69) is 0 Å². The molecule has 0 aliphatic rings. The minimum atomic E-state index is -0.416. The van der Waals surface area contributed by atoms with Gasteiger partial charge in [-0.25, -0.2) is 0 Å². The van der Waals surface area contributed by atoms with Gasteiger partial charge in [0.1, 0.15) is 5.75 Å². The molecule has 0 aromatic heterocycles. The van der Waals surface area contributed by atoms with Crippen molar-refractivity contribution in [1.82, 2.24) is 0 Å². The van der Waals surface area contributed by atoms with Gasteiger partial charge in [0.15, 0.2) is 0 Å². The van der Waals surface area contributed by atoms with Crippen molar-refractivity contribution in [2.24, 2.45) is 11.5 Å². The van der Waals surface area contributed by atoms with Crippen LogP contribution in [0.5, 0.6) is 5.75 Å². The molecule has 76 valence electrons. The third-order valence-corrected chi connectivity index (χ3v) is 2.10. The summed E-state index contributed by atoms with van der Waals surface area (Å²) in [6.07, 6.45) is 0. The Morgan fingerprint density at radius 1 is 1.43 bits per heavy atom. The van der Waals surface area contributed by atoms with Gasteiger partial charge in [-0.1, -0.05) is 12.1 Å². The largest absolute Gasteiger partial charge is 0.497 e. The van der Waals surface area contributed by atoms with Crippen LogP contribution in [0.2, 0.25) is 0 Å². The summed E-state index contributed by atoms with van der Waals surface area (Å²) in [6, 6.07) is 7.14. The maximum absolute atomic E-state index is 11.0. The van der Waals surface area contributed by atoms with Gasteiger partial charge in [-0.15, -0.1) is 0 Å². The number of ether oxygens (including phenoxy) is 1. The molecule has 1 atom stereocenters. The van der Waals surface area contributed by atoms with Crippen molar-refractivity contribution in [2.75, 3.05) is 13.7 Å². The number of carbonyl (C=O) groups is 1. The first-order valence-corrected chi connectivity index (χ1v) is 4.32. The van der Waals surface area contributed by atoms with Crippen LogP contribution in [0.25, 0.3) is 0 Å². The molecule has 1 aromatic rings. The van der Waals surface area contributed by atoms with Crippen LogP contribution in [0.1, 0.15) is 11.5 Å². The lowest BCUT2D eigenvalue weighted by atomic mass is 9.99. The average Bonchev–Trinajstić information content (AvgIpc) is 2.19. The van der Waals surface area contributed by atoms with Gasteiger partial charge in [0.05, 0.1) is 13.0 Å². The molecule has 4 heteroatoms. The van der Waals surface area contributed by atoms with Crippen molar-refractivity contribution in [3.63, 3.8) is 0 Å². The highest BCUT2D eigenvalue weighted by Gasteiger charge is 2.15. The SMILES string of the molecule is COc1ccc(C(CN)C(N)=O)cc1. The fourth-order valence-corrected chi connectivity index (χ4v) is 1.25. The molecule has 1 rings (SSSR count). The minimum Gasteiger partial charge on any atom is -0.497 e. The van der Waals surface area contributed by atoms with Gasteiger partial charge in [-0.2, -0.15) is 0 Å². The van der Waals surface area contributed by atoms with E-state index >= 15 is 0 Å². The zero-order valence-electron chi connectivity index (χ0n) is 8.07. The molecular formula is C10H14N2O2. The van der Waals surface area contributed by atoms with Gasteiger partial charge < -0.3 is 16.2 Å². The van der Waals surface area contributed by atoms with Gasteiger partial charge in [-0.3, -0.25) is 4.79 Å². The van der Waals surface area contributed by atoms with Gasteiger partial charge in [0.2, 0.25) is 5.91 Å². The number of methoxy groups -OCH3 is 1. The number of hydrogen-bond donors (Lipinski definition) is 2. The second-order valence-corrected chi connectivity index (χ2v) is 2.96. The second kappa shape index (κ2) is 4.62. The molecule has 0 radical (unpaired) electrons. The van der Waals surface area contributed by atoms with E-state index in [1.807, 2.05) is 0 Å². The topological polar surface area (TPSA) is 78.3 Å². The molecule has 0 heterocycles. The highest BCUT2D eigenvalue weighted by Crippen LogP contribution is 2.18. The lowest BCUT2D eigenvalue weighted by Crippen LogP contribution is -2.27. The predicted octanol–water partition coefficient (Wildman–Crippen LogP) is 0.223. The molecule has 0 aliphatic carbocycles. The van der Waals surface area contributed by atoms with Crippen molar-refractivity contribution in [3.05, 3.63) is 29.8 Å². The molecule has 1 amide bonds. The maximum atomic E-state index is 11.0. The van der Waals surface area contributed by atoms with Crippen LogP contribution in [0.4, 0.5) is 0 Å². The smallest absolute Gasteiger partial charge is 0.226 e. The van der Waals surface area contributed by atoms with E-state index in [-0.39, 0.29) is 6.54 Å². The first-order chi connectivity index (χ1) is 6.69. The molecular weight excluding hydrogens is 180 g/mol. The first kappa shape index (κ1) is 10.5. The number of nitrogens with two attached hydrogens (primary N) is 2. The molecule has 1 unspecified atom stereocenters. The third kappa shape index (κ3) is 2.23. The van der Waals surface area contributed by atoms with Crippen LogP contribution < -0.4 is 16.2 Å². The zero-order valence-corrected chi connectivity index (χ0v) is 8.07. The molecule has 0 saturated carbocycles. The molecule has 1 aromatic carbocycles. The van der Waals surface area contributed by atoms with Gasteiger partial charge in [-0.05, 0) is 17.7 Å². The van der Waals surface area contributed by atoms with E-state index in [1.165, 1.54) is 0 Å². The van der Waals surface area contributed by atoms with Crippen LogP contribution in [-0.2, 0) is 4.79 Å². The number of primary amides is 1. The summed E-state index contributed by atoms with van der Waals surface area (Å²) < 4.78 is 5.00. The molecule has 4 N–H and O–H groups in total. The minimum absolute atomic E-state index is 0.224. The summed E-state index contributed by atoms with van der Waals surface area (Å²) in [5, 5.41) is 0. The Labute approximate surface area is 82.8 Å². The maximum Gasteiger partial charge on any atom is 0.226 e. The van der Waals surface area contributed by atoms with Crippen molar-refractivity contribution < 1.29 is 9.53 Å². The normalized spacial score (nSPS) is 12.1. The number of rotatable bonds is 4. The molecule has 0 bridgehead atoms. The van der Waals surface area contributed by atoms with Gasteiger partial charge in [0, 0.05) is 6.54 Å². The average molecular weight is 194 g/mol. The van der Waals surface area contributed by atoms with Crippen LogP contribution in [0.3, 0.4) is 0 Å². The van der Waals surface area contributed by atoms with Gasteiger partial charge in [0.25, 0.3) is 0 Å². The predicted molar refractivity (Wildman–Crippen MR) is 54.0 cm³/mol. The van der Waals surface area contributed by atoms with Crippen molar-refractivity contribution in [1.29, 1.82) is 0 Å². The zero-order chi connectivity index (χ0) is 10.6. The highest BCUT2D eigenvalue weighted by molar-refractivity contribution is 5.82. The fraction of sp³-hybridized carbons (Fsp3) is 0.300. The number of hydrogen-bond acceptors (Lipinski definition) is 3. The summed E-state index contributed by atoms with van der Waals surface area (Å²) in [6.45, 7) is 0.224. The molecule has 0 spiro atoms. The summed E-state index contributed by atoms with van der Waals surface area (Å²) in [4.78, 5) is 11.0. The molecule has 14 heavy (non-hydrogen) atoms. The summed E-state index contributed by atoms with van der Waals surface area (Å²) in [5.74, 6) is -0.0763. The van der Waals surface area contributed by atoms with Crippen LogP contribution in [0.15, 0.2) is 24.3 Å².